The highest BCUT2D eigenvalue weighted by atomic mass is 127. The first-order chi connectivity index (χ1) is 13.2. The predicted molar refractivity (Wildman–Crippen MR) is 125 cm³/mol. The molecule has 1 aromatic carbocycles. The standard InChI is InChI=1S/C21H32N6.HI/c1-4-22-21(24-15-20-26-25-19-8-6-14-27(19)20)23-13-5-7-17-9-11-18(12-10-17)16(2)3;/h9-12,16H,4-8,13-15H2,1-3H3,(H2,22,23,24);1H. The molecule has 0 radical (unpaired) electrons. The minimum absolute atomic E-state index is 0. The van der Waals surface area contributed by atoms with Crippen LogP contribution >= 0.6 is 24.0 Å². The molecule has 2 heterocycles. The average Bonchev–Trinajstić information content (AvgIpc) is 3.27. The Balaban J connectivity index is 0.00000280. The van der Waals surface area contributed by atoms with Gasteiger partial charge in [0, 0.05) is 26.1 Å². The third-order valence-electron chi connectivity index (χ3n) is 4.99. The van der Waals surface area contributed by atoms with Crippen molar-refractivity contribution in [2.75, 3.05) is 13.1 Å². The molecule has 2 aromatic rings. The number of aliphatic imine (C=N–C) groups is 1. The molecule has 1 aromatic heterocycles. The zero-order valence-electron chi connectivity index (χ0n) is 17.2. The Labute approximate surface area is 185 Å². The number of hydrogen-bond donors (Lipinski definition) is 2. The number of nitrogens with zero attached hydrogens (tertiary/aromatic N) is 4. The number of aromatic nitrogens is 3. The molecule has 1 aliphatic heterocycles. The van der Waals surface area contributed by atoms with Crippen LogP contribution in [0.2, 0.25) is 0 Å². The third-order valence-corrected chi connectivity index (χ3v) is 4.99. The Morgan fingerprint density at radius 1 is 1.18 bits per heavy atom. The maximum Gasteiger partial charge on any atom is 0.191 e. The van der Waals surface area contributed by atoms with Gasteiger partial charge in [0.25, 0.3) is 0 Å². The molecule has 7 heteroatoms. The molecular weight excluding hydrogens is 463 g/mol. The van der Waals surface area contributed by atoms with Crippen LogP contribution in [0.5, 0.6) is 0 Å². The molecule has 0 amide bonds. The van der Waals surface area contributed by atoms with Crippen molar-refractivity contribution in [2.24, 2.45) is 4.99 Å². The first-order valence-electron chi connectivity index (χ1n) is 10.2. The lowest BCUT2D eigenvalue weighted by molar-refractivity contribution is 0.682. The van der Waals surface area contributed by atoms with Gasteiger partial charge in [-0.05, 0) is 43.2 Å². The molecule has 154 valence electrons. The normalized spacial score (nSPS) is 13.4. The predicted octanol–water partition coefficient (Wildman–Crippen LogP) is 3.65. The van der Waals surface area contributed by atoms with E-state index in [2.05, 4.69) is 75.4 Å². The van der Waals surface area contributed by atoms with Gasteiger partial charge in [-0.1, -0.05) is 38.1 Å². The molecule has 0 aliphatic carbocycles. The molecule has 0 atom stereocenters. The average molecular weight is 496 g/mol. The second-order valence-corrected chi connectivity index (χ2v) is 7.41. The molecule has 0 spiro atoms. The van der Waals surface area contributed by atoms with Crippen LogP contribution in [0.25, 0.3) is 0 Å². The Hall–Kier alpha value is -1.64. The van der Waals surface area contributed by atoms with E-state index in [-0.39, 0.29) is 24.0 Å². The van der Waals surface area contributed by atoms with Crippen LogP contribution in [0, 0.1) is 0 Å². The summed E-state index contributed by atoms with van der Waals surface area (Å²) in [6.07, 6.45) is 4.35. The van der Waals surface area contributed by atoms with E-state index in [0.29, 0.717) is 12.5 Å². The van der Waals surface area contributed by atoms with E-state index in [1.807, 2.05) is 0 Å². The van der Waals surface area contributed by atoms with E-state index in [0.717, 1.165) is 62.9 Å². The first kappa shape index (κ1) is 22.6. The third kappa shape index (κ3) is 6.18. The second kappa shape index (κ2) is 11.4. The highest BCUT2D eigenvalue weighted by molar-refractivity contribution is 14.0. The molecule has 0 bridgehead atoms. The Bertz CT molecular complexity index is 751. The van der Waals surface area contributed by atoms with Crippen molar-refractivity contribution in [3.8, 4) is 0 Å². The number of nitrogens with one attached hydrogen (secondary N) is 2. The monoisotopic (exact) mass is 496 g/mol. The van der Waals surface area contributed by atoms with Gasteiger partial charge in [-0.2, -0.15) is 0 Å². The maximum atomic E-state index is 4.68. The molecule has 2 N–H and O–H groups in total. The Morgan fingerprint density at radius 2 is 1.96 bits per heavy atom. The van der Waals surface area contributed by atoms with Gasteiger partial charge in [0.05, 0.1) is 0 Å². The summed E-state index contributed by atoms with van der Waals surface area (Å²) in [6.45, 7) is 9.88. The number of hydrogen-bond acceptors (Lipinski definition) is 3. The quantitative estimate of drug-likeness (QED) is 0.254. The van der Waals surface area contributed by atoms with Crippen LogP contribution in [-0.2, 0) is 25.9 Å². The van der Waals surface area contributed by atoms with Gasteiger partial charge in [-0.15, -0.1) is 34.2 Å². The van der Waals surface area contributed by atoms with Crippen molar-refractivity contribution in [3.63, 3.8) is 0 Å². The van der Waals surface area contributed by atoms with Crippen LogP contribution in [0.15, 0.2) is 29.3 Å². The summed E-state index contributed by atoms with van der Waals surface area (Å²) in [5.74, 6) is 3.50. The van der Waals surface area contributed by atoms with Crippen molar-refractivity contribution in [1.29, 1.82) is 0 Å². The fourth-order valence-electron chi connectivity index (χ4n) is 3.39. The summed E-state index contributed by atoms with van der Waals surface area (Å²) in [6, 6.07) is 8.99. The van der Waals surface area contributed by atoms with Crippen LogP contribution in [0.3, 0.4) is 0 Å². The summed E-state index contributed by atoms with van der Waals surface area (Å²) in [7, 11) is 0. The van der Waals surface area contributed by atoms with Crippen molar-refractivity contribution in [3.05, 3.63) is 47.0 Å². The maximum absolute atomic E-state index is 4.68. The fraction of sp³-hybridized carbons (Fsp3) is 0.571. The SMILES string of the molecule is CCNC(=NCc1nnc2n1CCC2)NCCCc1ccc(C(C)C)cc1.I. The zero-order chi connectivity index (χ0) is 19.1. The molecule has 0 saturated heterocycles. The van der Waals surface area contributed by atoms with E-state index in [4.69, 9.17) is 0 Å². The Kier molecular flexibility index (Phi) is 9.21. The molecule has 0 saturated carbocycles. The Morgan fingerprint density at radius 3 is 2.68 bits per heavy atom. The van der Waals surface area contributed by atoms with Gasteiger partial charge in [0.1, 0.15) is 12.4 Å². The minimum Gasteiger partial charge on any atom is -0.357 e. The van der Waals surface area contributed by atoms with Crippen molar-refractivity contribution in [1.82, 2.24) is 25.4 Å². The van der Waals surface area contributed by atoms with Gasteiger partial charge in [-0.3, -0.25) is 0 Å². The molecule has 0 fully saturated rings. The molecule has 3 rings (SSSR count). The summed E-state index contributed by atoms with van der Waals surface area (Å²) in [5.41, 5.74) is 2.79. The number of aryl methyl sites for hydroxylation is 2. The lowest BCUT2D eigenvalue weighted by Crippen LogP contribution is -2.38. The van der Waals surface area contributed by atoms with E-state index in [1.54, 1.807) is 0 Å². The highest BCUT2D eigenvalue weighted by Gasteiger charge is 2.16. The van der Waals surface area contributed by atoms with Gasteiger partial charge >= 0.3 is 0 Å². The molecule has 6 nitrogen and oxygen atoms in total. The van der Waals surface area contributed by atoms with Crippen LogP contribution in [0.1, 0.15) is 62.3 Å². The van der Waals surface area contributed by atoms with E-state index < -0.39 is 0 Å². The van der Waals surface area contributed by atoms with Gasteiger partial charge in [-0.25, -0.2) is 4.99 Å². The van der Waals surface area contributed by atoms with E-state index in [9.17, 15) is 0 Å². The number of benzene rings is 1. The van der Waals surface area contributed by atoms with Crippen molar-refractivity contribution >= 4 is 29.9 Å². The lowest BCUT2D eigenvalue weighted by Gasteiger charge is -2.11. The summed E-state index contributed by atoms with van der Waals surface area (Å²) in [5, 5.41) is 15.3. The largest absolute Gasteiger partial charge is 0.357 e. The molecule has 0 unspecified atom stereocenters. The van der Waals surface area contributed by atoms with Crippen LogP contribution < -0.4 is 10.6 Å². The minimum atomic E-state index is 0. The molecule has 28 heavy (non-hydrogen) atoms. The van der Waals surface area contributed by atoms with Gasteiger partial charge in [0.2, 0.25) is 0 Å². The summed E-state index contributed by atoms with van der Waals surface area (Å²) >= 11 is 0. The van der Waals surface area contributed by atoms with E-state index in [1.165, 1.54) is 11.1 Å². The summed E-state index contributed by atoms with van der Waals surface area (Å²) in [4.78, 5) is 4.68. The number of fused-ring (bicyclic) bond motifs is 1. The van der Waals surface area contributed by atoms with Crippen LogP contribution in [-0.4, -0.2) is 33.8 Å². The van der Waals surface area contributed by atoms with Gasteiger partial charge < -0.3 is 15.2 Å². The smallest absolute Gasteiger partial charge is 0.191 e. The number of halogens is 1. The van der Waals surface area contributed by atoms with Gasteiger partial charge in [0.15, 0.2) is 11.8 Å². The fourth-order valence-corrected chi connectivity index (χ4v) is 3.39. The van der Waals surface area contributed by atoms with Crippen molar-refractivity contribution < 1.29 is 0 Å². The van der Waals surface area contributed by atoms with Crippen LogP contribution in [0.4, 0.5) is 0 Å². The topological polar surface area (TPSA) is 67.1 Å². The second-order valence-electron chi connectivity index (χ2n) is 7.41. The van der Waals surface area contributed by atoms with E-state index >= 15 is 0 Å². The molecular formula is C21H33IN6. The lowest BCUT2D eigenvalue weighted by atomic mass is 10.0. The first-order valence-corrected chi connectivity index (χ1v) is 10.2. The highest BCUT2D eigenvalue weighted by Crippen LogP contribution is 2.16. The number of rotatable bonds is 8. The molecule has 1 aliphatic rings. The zero-order valence-corrected chi connectivity index (χ0v) is 19.6. The summed E-state index contributed by atoms with van der Waals surface area (Å²) < 4.78 is 2.20. The number of guanidine groups is 1. The van der Waals surface area contributed by atoms with Crippen molar-refractivity contribution in [2.45, 2.75) is 65.5 Å².